The van der Waals surface area contributed by atoms with Gasteiger partial charge in [0, 0.05) is 19.3 Å². The van der Waals surface area contributed by atoms with Gasteiger partial charge in [-0.05, 0) is 122 Å². The van der Waals surface area contributed by atoms with Crippen LogP contribution >= 0.6 is 0 Å². The van der Waals surface area contributed by atoms with Gasteiger partial charge < -0.3 is 14.2 Å². The summed E-state index contributed by atoms with van der Waals surface area (Å²) < 4.78 is 16.9. The Labute approximate surface area is 513 Å². The fraction of sp³-hybridized carbons (Fsp3) is 0.701. The first-order valence-electron chi connectivity index (χ1n) is 35.0. The normalized spacial score (nSPS) is 12.9. The van der Waals surface area contributed by atoms with E-state index in [1.54, 1.807) is 0 Å². The molecule has 0 amide bonds. The number of hydrogen-bond acceptors (Lipinski definition) is 6. The van der Waals surface area contributed by atoms with Crippen molar-refractivity contribution in [2.45, 2.75) is 335 Å². The molecule has 0 radical (unpaired) electrons. The van der Waals surface area contributed by atoms with Crippen LogP contribution in [0.3, 0.4) is 0 Å². The predicted molar refractivity (Wildman–Crippen MR) is 362 cm³/mol. The van der Waals surface area contributed by atoms with Crippen molar-refractivity contribution in [2.75, 3.05) is 13.2 Å². The monoisotopic (exact) mass is 1150 g/mol. The van der Waals surface area contributed by atoms with Crippen LogP contribution in [0.25, 0.3) is 0 Å². The lowest BCUT2D eigenvalue weighted by molar-refractivity contribution is -0.167. The molecule has 0 aromatic rings. The number of esters is 3. The minimum absolute atomic E-state index is 0.0971. The lowest BCUT2D eigenvalue weighted by atomic mass is 10.0. The molecule has 0 aliphatic carbocycles. The largest absolute Gasteiger partial charge is 0.462 e. The van der Waals surface area contributed by atoms with Gasteiger partial charge in [-0.25, -0.2) is 0 Å². The Morgan fingerprint density at radius 2 is 0.482 bits per heavy atom. The number of ether oxygens (including phenoxy) is 3. The molecule has 0 bridgehead atoms. The maximum absolute atomic E-state index is 13.0. The van der Waals surface area contributed by atoms with E-state index in [2.05, 4.69) is 142 Å². The first-order chi connectivity index (χ1) is 41.0. The number of hydrogen-bond donors (Lipinski definition) is 0. The fourth-order valence-electron chi connectivity index (χ4n) is 9.76. The summed E-state index contributed by atoms with van der Waals surface area (Å²) in [5, 5.41) is 0. The maximum atomic E-state index is 13.0. The van der Waals surface area contributed by atoms with E-state index < -0.39 is 6.10 Å². The molecule has 0 aromatic heterocycles. The van der Waals surface area contributed by atoms with Gasteiger partial charge in [0.2, 0.25) is 0 Å². The van der Waals surface area contributed by atoms with E-state index in [9.17, 15) is 14.4 Å². The van der Waals surface area contributed by atoms with E-state index in [0.29, 0.717) is 19.3 Å². The summed E-state index contributed by atoms with van der Waals surface area (Å²) in [5.41, 5.74) is 0. The molecule has 0 fully saturated rings. The van der Waals surface area contributed by atoms with Crippen molar-refractivity contribution in [1.82, 2.24) is 0 Å². The Balaban J connectivity index is 4.38. The zero-order valence-electron chi connectivity index (χ0n) is 54.4. The Hall–Kier alpha value is -4.19. The van der Waals surface area contributed by atoms with Crippen molar-refractivity contribution < 1.29 is 28.6 Å². The fourth-order valence-corrected chi connectivity index (χ4v) is 9.76. The van der Waals surface area contributed by atoms with Crippen LogP contribution in [-0.2, 0) is 28.6 Å². The van der Waals surface area contributed by atoms with Gasteiger partial charge in [-0.1, -0.05) is 309 Å². The highest BCUT2D eigenvalue weighted by atomic mass is 16.6. The molecule has 0 aliphatic heterocycles. The van der Waals surface area contributed by atoms with E-state index >= 15 is 0 Å². The number of rotatable bonds is 63. The van der Waals surface area contributed by atoms with Crippen molar-refractivity contribution in [3.8, 4) is 0 Å². The maximum Gasteiger partial charge on any atom is 0.306 e. The second-order valence-corrected chi connectivity index (χ2v) is 23.0. The molecule has 0 saturated heterocycles. The molecule has 6 nitrogen and oxygen atoms in total. The van der Waals surface area contributed by atoms with Gasteiger partial charge in [-0.15, -0.1) is 0 Å². The summed E-state index contributed by atoms with van der Waals surface area (Å²) >= 11 is 0. The third-order valence-corrected chi connectivity index (χ3v) is 14.9. The topological polar surface area (TPSA) is 78.9 Å². The van der Waals surface area contributed by atoms with Crippen LogP contribution in [0, 0.1) is 0 Å². The van der Waals surface area contributed by atoms with Crippen LogP contribution < -0.4 is 0 Å². The second-order valence-electron chi connectivity index (χ2n) is 23.0. The Morgan fingerprint density at radius 3 is 0.795 bits per heavy atom. The summed E-state index contributed by atoms with van der Waals surface area (Å²) in [6.45, 7) is 6.40. The molecule has 1 atom stereocenters. The average Bonchev–Trinajstić information content (AvgIpc) is 3.50. The quantitative estimate of drug-likeness (QED) is 0.0261. The predicted octanol–water partition coefficient (Wildman–Crippen LogP) is 24.3. The van der Waals surface area contributed by atoms with Crippen LogP contribution in [-0.4, -0.2) is 37.2 Å². The number of unbranched alkanes of at least 4 members (excludes halogenated alkanes) is 32. The van der Waals surface area contributed by atoms with Crippen LogP contribution in [0.1, 0.15) is 329 Å². The van der Waals surface area contributed by atoms with E-state index in [0.717, 1.165) is 103 Å². The smallest absolute Gasteiger partial charge is 0.306 e. The Morgan fingerprint density at radius 1 is 0.253 bits per heavy atom. The van der Waals surface area contributed by atoms with E-state index in [1.807, 2.05) is 0 Å². The average molecular weight is 1150 g/mol. The first-order valence-corrected chi connectivity index (χ1v) is 35.0. The molecule has 0 N–H and O–H groups in total. The lowest BCUT2D eigenvalue weighted by Crippen LogP contribution is -2.30. The SMILES string of the molecule is CC/C=C\C/C=C\C/C=C\C/C=C\C/C=C\CCCC(=O)OCC(COC(=O)CCCCCCCCCCCCCCCC/C=C\C/C=C\C/C=C\C/C=C\CC)OC(=O)CCCCCCCCCCC/C=C\CCCCCCCCCC. The number of allylic oxidation sites excluding steroid dienone is 20. The molecule has 83 heavy (non-hydrogen) atoms. The van der Waals surface area contributed by atoms with Gasteiger partial charge in [-0.2, -0.15) is 0 Å². The molecule has 0 rings (SSSR count). The molecule has 0 spiro atoms. The van der Waals surface area contributed by atoms with Crippen LogP contribution in [0.2, 0.25) is 0 Å². The molecule has 0 saturated carbocycles. The lowest BCUT2D eigenvalue weighted by Gasteiger charge is -2.18. The van der Waals surface area contributed by atoms with E-state index in [4.69, 9.17) is 14.2 Å². The molecular formula is C77H130O6. The van der Waals surface area contributed by atoms with Gasteiger partial charge in [-0.3, -0.25) is 14.4 Å². The summed E-state index contributed by atoms with van der Waals surface area (Å²) in [7, 11) is 0. The van der Waals surface area contributed by atoms with Crippen molar-refractivity contribution in [3.05, 3.63) is 122 Å². The van der Waals surface area contributed by atoms with Crippen molar-refractivity contribution >= 4 is 17.9 Å². The molecule has 0 aliphatic rings. The van der Waals surface area contributed by atoms with Gasteiger partial charge in [0.15, 0.2) is 6.10 Å². The summed E-state index contributed by atoms with van der Waals surface area (Å²) in [5.74, 6) is -0.949. The molecule has 0 aromatic carbocycles. The zero-order chi connectivity index (χ0) is 59.9. The molecule has 1 unspecified atom stereocenters. The third kappa shape index (κ3) is 68.5. The van der Waals surface area contributed by atoms with Gasteiger partial charge in [0.05, 0.1) is 0 Å². The van der Waals surface area contributed by atoms with Crippen molar-refractivity contribution in [1.29, 1.82) is 0 Å². The molecule has 0 heterocycles. The number of carbonyl (C=O) groups is 3. The molecular weight excluding hydrogens is 1020 g/mol. The van der Waals surface area contributed by atoms with Crippen LogP contribution in [0.5, 0.6) is 0 Å². The second kappa shape index (κ2) is 70.3. The summed E-state index contributed by atoms with van der Waals surface area (Å²) in [6, 6.07) is 0. The Bertz CT molecular complexity index is 1700. The van der Waals surface area contributed by atoms with Crippen LogP contribution in [0.4, 0.5) is 0 Å². The van der Waals surface area contributed by atoms with Gasteiger partial charge in [0.1, 0.15) is 13.2 Å². The number of carbonyl (C=O) groups excluding carboxylic acids is 3. The minimum atomic E-state index is -0.807. The molecule has 6 heteroatoms. The van der Waals surface area contributed by atoms with Gasteiger partial charge >= 0.3 is 17.9 Å². The van der Waals surface area contributed by atoms with E-state index in [-0.39, 0.29) is 37.5 Å². The summed E-state index contributed by atoms with van der Waals surface area (Å²) in [6.07, 6.45) is 98.0. The third-order valence-electron chi connectivity index (χ3n) is 14.9. The van der Waals surface area contributed by atoms with Crippen molar-refractivity contribution in [2.24, 2.45) is 0 Å². The minimum Gasteiger partial charge on any atom is -0.462 e. The molecule has 474 valence electrons. The first kappa shape index (κ1) is 78.8. The van der Waals surface area contributed by atoms with Crippen molar-refractivity contribution in [3.63, 3.8) is 0 Å². The van der Waals surface area contributed by atoms with E-state index in [1.165, 1.54) is 180 Å². The van der Waals surface area contributed by atoms with Crippen LogP contribution in [0.15, 0.2) is 122 Å². The zero-order valence-corrected chi connectivity index (χ0v) is 54.4. The highest BCUT2D eigenvalue weighted by Gasteiger charge is 2.19. The highest BCUT2D eigenvalue weighted by Crippen LogP contribution is 2.17. The van der Waals surface area contributed by atoms with Gasteiger partial charge in [0.25, 0.3) is 0 Å². The highest BCUT2D eigenvalue weighted by molar-refractivity contribution is 5.71. The summed E-state index contributed by atoms with van der Waals surface area (Å²) in [4.78, 5) is 38.4. The standard InChI is InChI=1S/C77H130O6/c1-4-7-10-13-16-19-22-25-28-31-33-35-36-37-38-39-40-42-43-46-49-52-55-58-61-64-67-70-76(79)82-73-74(72-81-75(78)69-66-63-60-57-54-51-48-45-30-27-24-21-18-15-12-9-6-3)83-77(80)71-68-65-62-59-56-53-50-47-44-41-34-32-29-26-23-20-17-14-11-8-5-2/h7,9-10,12,16,18-19,21,25,27-28,30,32-35,48,51,57,60,74H,4-6,8,11,13-15,17,20,22-24,26,29,31,36-47,49-50,52-56,58-59,61-73H2,1-3H3/b10-7-,12-9-,19-16-,21-18-,28-25-,30-27-,34-32-,35-33-,51-48-,60-57-. The Kier molecular flexibility index (Phi) is 66.7.